The monoisotopic (exact) mass is 431 g/mol. The summed E-state index contributed by atoms with van der Waals surface area (Å²) < 4.78 is 33.8. The molecule has 0 aliphatic carbocycles. The highest BCUT2D eigenvalue weighted by molar-refractivity contribution is 6.15. The van der Waals surface area contributed by atoms with E-state index in [1.807, 2.05) is 13.2 Å². The van der Waals surface area contributed by atoms with Gasteiger partial charge in [0.25, 0.3) is 0 Å². The van der Waals surface area contributed by atoms with Crippen molar-refractivity contribution in [2.75, 3.05) is 11.5 Å². The van der Waals surface area contributed by atoms with E-state index in [9.17, 15) is 13.2 Å². The maximum Gasteiger partial charge on any atom is 0.490 e. The molecule has 2 aromatic heterocycles. The maximum absolute atomic E-state index is 10.6. The van der Waals surface area contributed by atoms with Crippen LogP contribution in [0.15, 0.2) is 36.5 Å². The number of benzene rings is 2. The molecule has 162 valence electrons. The summed E-state index contributed by atoms with van der Waals surface area (Å²) in [4.78, 5) is 17.4. The highest BCUT2D eigenvalue weighted by Gasteiger charge is 2.38. The van der Waals surface area contributed by atoms with Crippen molar-refractivity contribution in [2.45, 2.75) is 20.0 Å². The van der Waals surface area contributed by atoms with Crippen molar-refractivity contribution in [3.8, 4) is 11.1 Å². The third-order valence-corrected chi connectivity index (χ3v) is 5.00. The molecule has 0 aliphatic rings. The van der Waals surface area contributed by atoms with Crippen LogP contribution in [-0.2, 0) is 11.8 Å². The molecule has 10 heteroatoms. The van der Waals surface area contributed by atoms with E-state index in [0.717, 1.165) is 27.4 Å². The van der Waals surface area contributed by atoms with Gasteiger partial charge in [0.05, 0.1) is 16.4 Å². The van der Waals surface area contributed by atoms with Gasteiger partial charge in [0, 0.05) is 24.2 Å². The summed E-state index contributed by atoms with van der Waals surface area (Å²) in [6.45, 7) is 4.27. The second-order valence-electron chi connectivity index (χ2n) is 7.02. The summed E-state index contributed by atoms with van der Waals surface area (Å²) >= 11 is 0. The number of anilines is 2. The Balaban J connectivity index is 0.000000339. The highest BCUT2D eigenvalue weighted by Crippen LogP contribution is 2.38. The van der Waals surface area contributed by atoms with Gasteiger partial charge in [-0.2, -0.15) is 18.2 Å². The number of aromatic nitrogens is 3. The lowest BCUT2D eigenvalue weighted by atomic mass is 9.94. The number of nitrogen functional groups attached to an aromatic ring is 2. The molecule has 2 heterocycles. The van der Waals surface area contributed by atoms with Gasteiger partial charge in [-0.15, -0.1) is 0 Å². The molecule has 0 spiro atoms. The van der Waals surface area contributed by atoms with Crippen LogP contribution < -0.4 is 11.5 Å². The van der Waals surface area contributed by atoms with Crippen LogP contribution in [0.1, 0.15) is 11.1 Å². The van der Waals surface area contributed by atoms with E-state index < -0.39 is 12.1 Å². The van der Waals surface area contributed by atoms with Gasteiger partial charge in [-0.3, -0.25) is 0 Å². The number of rotatable bonds is 1. The molecule has 31 heavy (non-hydrogen) atoms. The second-order valence-corrected chi connectivity index (χ2v) is 7.02. The van der Waals surface area contributed by atoms with Gasteiger partial charge >= 0.3 is 12.1 Å². The Morgan fingerprint density at radius 3 is 2.35 bits per heavy atom. The predicted molar refractivity (Wildman–Crippen MR) is 113 cm³/mol. The lowest BCUT2D eigenvalue weighted by molar-refractivity contribution is -0.192. The molecule has 5 N–H and O–H groups in total. The Labute approximate surface area is 175 Å². The van der Waals surface area contributed by atoms with Gasteiger partial charge in [0.1, 0.15) is 5.82 Å². The molecule has 0 fully saturated rings. The van der Waals surface area contributed by atoms with Crippen LogP contribution in [0.3, 0.4) is 0 Å². The molecular weight excluding hydrogens is 411 g/mol. The third kappa shape index (κ3) is 4.09. The summed E-state index contributed by atoms with van der Waals surface area (Å²) in [6.07, 6.45) is -3.05. The molecule has 0 saturated heterocycles. The van der Waals surface area contributed by atoms with Gasteiger partial charge in [-0.05, 0) is 42.7 Å². The molecule has 0 atom stereocenters. The number of carboxylic acid groups (broad SMARTS) is 1. The van der Waals surface area contributed by atoms with Crippen molar-refractivity contribution >= 4 is 39.5 Å². The Bertz CT molecular complexity index is 1310. The molecule has 0 aliphatic heterocycles. The number of nitrogens with zero attached hydrogens (tertiary/aromatic N) is 3. The maximum atomic E-state index is 10.6. The van der Waals surface area contributed by atoms with Gasteiger partial charge < -0.3 is 21.1 Å². The predicted octanol–water partition coefficient (Wildman–Crippen LogP) is 4.20. The number of halogens is 3. The van der Waals surface area contributed by atoms with Gasteiger partial charge in [-0.1, -0.05) is 18.2 Å². The molecule has 4 aromatic rings. The SMILES string of the molecule is Cc1cccc(-c2cc3nc(N)nc(N)c3c3ccn(C)c23)c1C.O=C(O)C(F)(F)F. The van der Waals surface area contributed by atoms with Crippen LogP contribution in [-0.4, -0.2) is 31.8 Å². The Morgan fingerprint density at radius 1 is 1.10 bits per heavy atom. The van der Waals surface area contributed by atoms with Crippen molar-refractivity contribution < 1.29 is 23.1 Å². The minimum Gasteiger partial charge on any atom is -0.475 e. The molecule has 0 bridgehead atoms. The quantitative estimate of drug-likeness (QED) is 0.415. The standard InChI is InChI=1S/C19H19N5.C2HF3O2/c1-10-5-4-6-12(11(10)2)14-9-15-16(18(20)23-19(21)22-15)13-7-8-24(3)17(13)14;3-2(4,5)1(6)7/h4-9H,1-3H3,(H4,20,21,22,23);(H,6,7). The minimum atomic E-state index is -5.08. The lowest BCUT2D eigenvalue weighted by Gasteiger charge is -2.14. The van der Waals surface area contributed by atoms with Crippen molar-refractivity contribution in [1.82, 2.24) is 14.5 Å². The molecule has 0 saturated carbocycles. The summed E-state index contributed by atoms with van der Waals surface area (Å²) in [5, 5.41) is 9.03. The van der Waals surface area contributed by atoms with E-state index >= 15 is 0 Å². The van der Waals surface area contributed by atoms with E-state index in [-0.39, 0.29) is 5.95 Å². The van der Waals surface area contributed by atoms with E-state index in [1.54, 1.807) is 0 Å². The number of carbonyl (C=O) groups is 1. The summed E-state index contributed by atoms with van der Waals surface area (Å²) in [7, 11) is 2.04. The van der Waals surface area contributed by atoms with Gasteiger partial charge in [0.2, 0.25) is 5.95 Å². The van der Waals surface area contributed by atoms with Crippen molar-refractivity contribution in [3.63, 3.8) is 0 Å². The smallest absolute Gasteiger partial charge is 0.475 e. The summed E-state index contributed by atoms with van der Waals surface area (Å²) in [5.41, 5.74) is 18.7. The molecule has 0 unspecified atom stereocenters. The molecule has 4 rings (SSSR count). The number of aryl methyl sites for hydroxylation is 2. The van der Waals surface area contributed by atoms with Crippen molar-refractivity contribution in [3.05, 3.63) is 47.7 Å². The fourth-order valence-corrected chi connectivity index (χ4v) is 3.42. The number of hydrogen-bond acceptors (Lipinski definition) is 5. The van der Waals surface area contributed by atoms with Crippen LogP contribution >= 0.6 is 0 Å². The van der Waals surface area contributed by atoms with Crippen LogP contribution in [0.5, 0.6) is 0 Å². The topological polar surface area (TPSA) is 120 Å². The highest BCUT2D eigenvalue weighted by atomic mass is 19.4. The molecular formula is C21H20F3N5O2. The second kappa shape index (κ2) is 7.78. The molecule has 2 aromatic carbocycles. The normalized spacial score (nSPS) is 11.4. The first-order valence-corrected chi connectivity index (χ1v) is 9.09. The van der Waals surface area contributed by atoms with E-state index in [0.29, 0.717) is 5.82 Å². The fraction of sp³-hybridized carbons (Fsp3) is 0.190. The van der Waals surface area contributed by atoms with E-state index in [4.69, 9.17) is 21.4 Å². The zero-order valence-electron chi connectivity index (χ0n) is 16.9. The first-order valence-electron chi connectivity index (χ1n) is 9.09. The number of nitrogens with two attached hydrogens (primary N) is 2. The Hall–Kier alpha value is -3.82. The number of hydrogen-bond donors (Lipinski definition) is 3. The van der Waals surface area contributed by atoms with Gasteiger partial charge in [0.15, 0.2) is 0 Å². The van der Waals surface area contributed by atoms with Crippen LogP contribution in [0, 0.1) is 13.8 Å². The number of aliphatic carboxylic acids is 1. The first-order chi connectivity index (χ1) is 14.4. The third-order valence-electron chi connectivity index (χ3n) is 5.00. The lowest BCUT2D eigenvalue weighted by Crippen LogP contribution is -2.21. The Kier molecular flexibility index (Phi) is 5.49. The number of fused-ring (bicyclic) bond motifs is 3. The Morgan fingerprint density at radius 2 is 1.74 bits per heavy atom. The zero-order valence-corrected chi connectivity index (χ0v) is 16.9. The number of carboxylic acids is 1. The average molecular weight is 431 g/mol. The van der Waals surface area contributed by atoms with Crippen molar-refractivity contribution in [2.24, 2.45) is 7.05 Å². The summed E-state index contributed by atoms with van der Waals surface area (Å²) in [6, 6.07) is 10.5. The van der Waals surface area contributed by atoms with Crippen LogP contribution in [0.4, 0.5) is 24.9 Å². The zero-order chi connectivity index (χ0) is 23.1. The molecule has 7 nitrogen and oxygen atoms in total. The molecule has 0 radical (unpaired) electrons. The van der Waals surface area contributed by atoms with E-state index in [2.05, 4.69) is 58.7 Å². The fourth-order valence-electron chi connectivity index (χ4n) is 3.42. The van der Waals surface area contributed by atoms with Gasteiger partial charge in [-0.25, -0.2) is 9.78 Å². The van der Waals surface area contributed by atoms with Crippen LogP contribution in [0.25, 0.3) is 32.9 Å². The summed E-state index contributed by atoms with van der Waals surface area (Å²) in [5.74, 6) is -2.14. The van der Waals surface area contributed by atoms with Crippen molar-refractivity contribution in [1.29, 1.82) is 0 Å². The van der Waals surface area contributed by atoms with Crippen LogP contribution in [0.2, 0.25) is 0 Å². The largest absolute Gasteiger partial charge is 0.490 e. The average Bonchev–Trinajstić information content (AvgIpc) is 3.04. The van der Waals surface area contributed by atoms with E-state index in [1.165, 1.54) is 16.7 Å². The first kappa shape index (κ1) is 21.9. The minimum absolute atomic E-state index is 0.196. The molecule has 0 amide bonds. The number of alkyl halides is 3.